The standard InChI is InChI=1S/C42H80NO8P/c1-6-8-10-12-14-16-18-19-20-21-22-23-25-26-28-30-32-34-41(44)48-38-40(39-50-52(46,47)49-37-36-43(3,4)5)51-42(45)35-33-31-29-27-24-17-15-13-11-9-7-2/h13,15,19-20,40H,6-12,14,16-18,21-39H2,1-5H3/p+1/b15-13+,20-19+/t40-/m0/s1. The molecule has 1 N–H and O–H groups in total. The molecule has 0 aliphatic heterocycles. The van der Waals surface area contributed by atoms with Crippen LogP contribution in [0.3, 0.4) is 0 Å². The largest absolute Gasteiger partial charge is 0.472 e. The Morgan fingerprint density at radius 2 is 1.00 bits per heavy atom. The zero-order chi connectivity index (χ0) is 38.6. The second-order valence-electron chi connectivity index (χ2n) is 15.4. The van der Waals surface area contributed by atoms with Gasteiger partial charge in [-0.2, -0.15) is 0 Å². The van der Waals surface area contributed by atoms with Crippen LogP contribution < -0.4 is 0 Å². The molecule has 0 saturated carbocycles. The normalized spacial score (nSPS) is 13.9. The summed E-state index contributed by atoms with van der Waals surface area (Å²) in [6.07, 6.45) is 36.5. The summed E-state index contributed by atoms with van der Waals surface area (Å²) in [6.45, 7) is 4.36. The minimum Gasteiger partial charge on any atom is -0.462 e. The van der Waals surface area contributed by atoms with Crippen molar-refractivity contribution >= 4 is 19.8 Å². The van der Waals surface area contributed by atoms with Gasteiger partial charge in [0.2, 0.25) is 0 Å². The maximum atomic E-state index is 12.6. The van der Waals surface area contributed by atoms with Crippen molar-refractivity contribution in [3.05, 3.63) is 24.3 Å². The third-order valence-electron chi connectivity index (χ3n) is 8.95. The zero-order valence-corrected chi connectivity index (χ0v) is 35.2. The number of unbranched alkanes of at least 4 members (excludes halogenated alkanes) is 20. The molecule has 0 radical (unpaired) electrons. The summed E-state index contributed by atoms with van der Waals surface area (Å²) in [5, 5.41) is 0. The minimum absolute atomic E-state index is 0.0303. The molecule has 10 heteroatoms. The lowest BCUT2D eigenvalue weighted by Crippen LogP contribution is -2.37. The van der Waals surface area contributed by atoms with E-state index >= 15 is 0 Å². The van der Waals surface area contributed by atoms with Crippen LogP contribution in [0, 0.1) is 0 Å². The summed E-state index contributed by atoms with van der Waals surface area (Å²) in [5.41, 5.74) is 0. The molecule has 1 unspecified atom stereocenters. The highest BCUT2D eigenvalue weighted by atomic mass is 31.2. The Kier molecular flexibility index (Phi) is 34.2. The van der Waals surface area contributed by atoms with E-state index in [-0.39, 0.29) is 32.0 Å². The number of esters is 2. The van der Waals surface area contributed by atoms with Gasteiger partial charge in [-0.1, -0.05) is 134 Å². The lowest BCUT2D eigenvalue weighted by molar-refractivity contribution is -0.870. The zero-order valence-electron chi connectivity index (χ0n) is 34.3. The van der Waals surface area contributed by atoms with Crippen molar-refractivity contribution in [2.24, 2.45) is 0 Å². The van der Waals surface area contributed by atoms with Gasteiger partial charge in [0, 0.05) is 12.8 Å². The molecule has 9 nitrogen and oxygen atoms in total. The molecular formula is C42H81NO8P+. The predicted molar refractivity (Wildman–Crippen MR) is 215 cm³/mol. The van der Waals surface area contributed by atoms with Crippen molar-refractivity contribution < 1.29 is 42.1 Å². The van der Waals surface area contributed by atoms with Gasteiger partial charge >= 0.3 is 19.8 Å². The highest BCUT2D eigenvalue weighted by Gasteiger charge is 2.27. The van der Waals surface area contributed by atoms with E-state index in [1.54, 1.807) is 0 Å². The number of allylic oxidation sites excluding steroid dienone is 4. The molecule has 2 atom stereocenters. The van der Waals surface area contributed by atoms with Gasteiger partial charge in [0.05, 0.1) is 27.7 Å². The summed E-state index contributed by atoms with van der Waals surface area (Å²) >= 11 is 0. The lowest BCUT2D eigenvalue weighted by atomic mass is 10.1. The maximum Gasteiger partial charge on any atom is 0.472 e. The van der Waals surface area contributed by atoms with E-state index in [1.807, 2.05) is 21.1 Å². The first kappa shape index (κ1) is 50.5. The first-order valence-electron chi connectivity index (χ1n) is 21.1. The molecule has 0 bridgehead atoms. The van der Waals surface area contributed by atoms with Crippen LogP contribution in [-0.4, -0.2) is 74.9 Å². The molecule has 306 valence electrons. The van der Waals surface area contributed by atoms with Gasteiger partial charge in [0.1, 0.15) is 19.8 Å². The number of nitrogens with zero attached hydrogens (tertiary/aromatic N) is 1. The number of phosphoric ester groups is 1. The molecule has 52 heavy (non-hydrogen) atoms. The van der Waals surface area contributed by atoms with Crippen molar-refractivity contribution in [3.63, 3.8) is 0 Å². The van der Waals surface area contributed by atoms with Gasteiger partial charge in [-0.05, 0) is 57.8 Å². The Labute approximate surface area is 319 Å². The van der Waals surface area contributed by atoms with E-state index < -0.39 is 26.5 Å². The van der Waals surface area contributed by atoms with E-state index in [0.717, 1.165) is 57.8 Å². The van der Waals surface area contributed by atoms with Gasteiger partial charge in [-0.15, -0.1) is 0 Å². The van der Waals surface area contributed by atoms with Crippen LogP contribution in [0.5, 0.6) is 0 Å². The Morgan fingerprint density at radius 3 is 1.48 bits per heavy atom. The summed E-state index contributed by atoms with van der Waals surface area (Å²) in [6, 6.07) is 0. The van der Waals surface area contributed by atoms with Crippen LogP contribution >= 0.6 is 7.82 Å². The number of rotatable bonds is 38. The van der Waals surface area contributed by atoms with Gasteiger partial charge < -0.3 is 18.9 Å². The van der Waals surface area contributed by atoms with E-state index in [2.05, 4.69) is 38.2 Å². The number of phosphoric acid groups is 1. The van der Waals surface area contributed by atoms with Gasteiger partial charge in [-0.25, -0.2) is 4.57 Å². The average Bonchev–Trinajstić information content (AvgIpc) is 3.09. The van der Waals surface area contributed by atoms with Gasteiger partial charge in [0.15, 0.2) is 6.10 Å². The number of carbonyl (C=O) groups excluding carboxylic acids is 2. The third-order valence-corrected chi connectivity index (χ3v) is 9.94. The van der Waals surface area contributed by atoms with Gasteiger partial charge in [-0.3, -0.25) is 18.6 Å². The van der Waals surface area contributed by atoms with Crippen LogP contribution in [0.4, 0.5) is 0 Å². The van der Waals surface area contributed by atoms with Crippen molar-refractivity contribution in [2.45, 2.75) is 187 Å². The Hall–Kier alpha value is -1.51. The number of hydrogen-bond acceptors (Lipinski definition) is 7. The molecule has 0 aromatic carbocycles. The highest BCUT2D eigenvalue weighted by Crippen LogP contribution is 2.43. The Bertz CT molecular complexity index is 949. The first-order valence-corrected chi connectivity index (χ1v) is 22.6. The summed E-state index contributed by atoms with van der Waals surface area (Å²) in [4.78, 5) is 35.2. The fraction of sp³-hybridized carbons (Fsp3) is 0.857. The van der Waals surface area contributed by atoms with Crippen molar-refractivity contribution in [1.29, 1.82) is 0 Å². The molecule has 0 amide bonds. The van der Waals surface area contributed by atoms with E-state index in [9.17, 15) is 19.0 Å². The van der Waals surface area contributed by atoms with Crippen molar-refractivity contribution in [3.8, 4) is 0 Å². The summed E-state index contributed by atoms with van der Waals surface area (Å²) < 4.78 is 34.2. The molecule has 0 aliphatic rings. The topological polar surface area (TPSA) is 108 Å². The number of carbonyl (C=O) groups is 2. The second-order valence-corrected chi connectivity index (χ2v) is 16.8. The third kappa shape index (κ3) is 38.2. The fourth-order valence-electron chi connectivity index (χ4n) is 5.58. The predicted octanol–water partition coefficient (Wildman–Crippen LogP) is 11.6. The number of hydrogen-bond donors (Lipinski definition) is 1. The van der Waals surface area contributed by atoms with Crippen LogP contribution in [-0.2, 0) is 32.7 Å². The fourth-order valence-corrected chi connectivity index (χ4v) is 6.32. The molecule has 0 aromatic heterocycles. The van der Waals surface area contributed by atoms with E-state index in [0.29, 0.717) is 17.4 Å². The van der Waals surface area contributed by atoms with E-state index in [4.69, 9.17) is 18.5 Å². The van der Waals surface area contributed by atoms with Crippen molar-refractivity contribution in [2.75, 3.05) is 47.5 Å². The van der Waals surface area contributed by atoms with Crippen LogP contribution in [0.15, 0.2) is 24.3 Å². The Morgan fingerprint density at radius 1 is 0.577 bits per heavy atom. The highest BCUT2D eigenvalue weighted by molar-refractivity contribution is 7.47. The molecule has 0 rings (SSSR count). The molecule has 0 saturated heterocycles. The SMILES string of the molecule is CCCC/C=C/CCCCCCCC(=O)O[C@@H](COC(=O)CCCCCCCCC/C=C/CCCCCCCC)COP(=O)(O)OCC[N+](C)(C)C. The van der Waals surface area contributed by atoms with Gasteiger partial charge in [0.25, 0.3) is 0 Å². The van der Waals surface area contributed by atoms with Crippen LogP contribution in [0.2, 0.25) is 0 Å². The van der Waals surface area contributed by atoms with E-state index in [1.165, 1.54) is 89.9 Å². The minimum atomic E-state index is -4.37. The summed E-state index contributed by atoms with van der Waals surface area (Å²) in [5.74, 6) is -0.813. The van der Waals surface area contributed by atoms with Crippen molar-refractivity contribution in [1.82, 2.24) is 0 Å². The summed E-state index contributed by atoms with van der Waals surface area (Å²) in [7, 11) is 1.47. The first-order chi connectivity index (χ1) is 25.0. The quantitative estimate of drug-likeness (QED) is 0.0218. The molecule has 0 aromatic rings. The molecule has 0 spiro atoms. The second kappa shape index (κ2) is 35.2. The number of quaternary nitrogens is 1. The van der Waals surface area contributed by atoms with Crippen LogP contribution in [0.25, 0.3) is 0 Å². The molecule has 0 heterocycles. The number of ether oxygens (including phenoxy) is 2. The van der Waals surface area contributed by atoms with Crippen LogP contribution in [0.1, 0.15) is 181 Å². The monoisotopic (exact) mass is 759 g/mol. The smallest absolute Gasteiger partial charge is 0.462 e. The lowest BCUT2D eigenvalue weighted by Gasteiger charge is -2.24. The molecular weight excluding hydrogens is 677 g/mol. The number of likely N-dealkylation sites (N-methyl/N-ethyl adjacent to an activating group) is 1. The molecule has 0 aliphatic carbocycles. The Balaban J connectivity index is 4.35. The maximum absolute atomic E-state index is 12.6. The average molecular weight is 759 g/mol. The molecule has 0 fully saturated rings.